The molecule has 5 rings (SSSR count). The molecule has 2 atom stereocenters. The zero-order valence-corrected chi connectivity index (χ0v) is 16.9. The van der Waals surface area contributed by atoms with E-state index in [2.05, 4.69) is 57.3 Å². The van der Waals surface area contributed by atoms with E-state index in [4.69, 9.17) is 0 Å². The Morgan fingerprint density at radius 2 is 1.52 bits per heavy atom. The maximum Gasteiger partial charge on any atom is 0.273 e. The lowest BCUT2D eigenvalue weighted by Gasteiger charge is -2.48. The summed E-state index contributed by atoms with van der Waals surface area (Å²) in [6, 6.07) is 21.8. The average Bonchev–Trinajstić information content (AvgIpc) is 3.11. The van der Waals surface area contributed by atoms with Gasteiger partial charge in [-0.2, -0.15) is 0 Å². The van der Waals surface area contributed by atoms with Crippen LogP contribution in [0.25, 0.3) is 0 Å². The number of nitrogens with zero attached hydrogens (tertiary/aromatic N) is 3. The molecule has 2 fully saturated rings. The molecular weight excluding hydrogens is 358 g/mol. The summed E-state index contributed by atoms with van der Waals surface area (Å²) in [6.45, 7) is 1.93. The number of hydrogen-bond acceptors (Lipinski definition) is 3. The average molecular weight is 388 g/mol. The molecule has 1 saturated carbocycles. The minimum atomic E-state index is -0.491. The Balaban J connectivity index is 1.34. The Labute approximate surface area is 173 Å². The highest BCUT2D eigenvalue weighted by atomic mass is 16.2. The van der Waals surface area contributed by atoms with Crippen molar-refractivity contribution >= 4 is 17.9 Å². The number of carbonyl (C=O) groups excluding carboxylic acids is 1. The molecule has 29 heavy (non-hydrogen) atoms. The first-order valence-corrected chi connectivity index (χ1v) is 11.0. The summed E-state index contributed by atoms with van der Waals surface area (Å²) < 4.78 is 0. The van der Waals surface area contributed by atoms with E-state index in [0.717, 1.165) is 31.6 Å². The van der Waals surface area contributed by atoms with Gasteiger partial charge in [-0.05, 0) is 49.3 Å². The van der Waals surface area contributed by atoms with Crippen LogP contribution in [0.5, 0.6) is 0 Å². The van der Waals surface area contributed by atoms with Gasteiger partial charge in [0.2, 0.25) is 0 Å². The smallest absolute Gasteiger partial charge is 0.273 e. The van der Waals surface area contributed by atoms with Gasteiger partial charge in [0, 0.05) is 24.8 Å². The molecule has 3 aliphatic rings. The minimum absolute atomic E-state index is 0.0317. The van der Waals surface area contributed by atoms with Gasteiger partial charge in [0.25, 0.3) is 5.91 Å². The molecule has 2 heterocycles. The van der Waals surface area contributed by atoms with Crippen LogP contribution >= 0.6 is 0 Å². The molecule has 2 aliphatic heterocycles. The van der Waals surface area contributed by atoms with E-state index in [1.807, 2.05) is 18.2 Å². The van der Waals surface area contributed by atoms with Gasteiger partial charge >= 0.3 is 0 Å². The fraction of sp³-hybridized carbons (Fsp3) is 0.440. The molecule has 2 aromatic rings. The lowest BCUT2D eigenvalue weighted by molar-refractivity contribution is -0.123. The predicted octanol–water partition coefficient (Wildman–Crippen LogP) is 4.62. The predicted molar refractivity (Wildman–Crippen MR) is 117 cm³/mol. The highest BCUT2D eigenvalue weighted by Gasteiger charge is 2.50. The lowest BCUT2D eigenvalue weighted by Crippen LogP contribution is -2.58. The van der Waals surface area contributed by atoms with Crippen molar-refractivity contribution in [3.63, 3.8) is 0 Å². The van der Waals surface area contributed by atoms with Gasteiger partial charge in [0.05, 0.1) is 6.34 Å². The number of rotatable bonds is 3. The van der Waals surface area contributed by atoms with Gasteiger partial charge in [-0.1, -0.05) is 61.4 Å². The summed E-state index contributed by atoms with van der Waals surface area (Å²) in [7, 11) is 0. The second-order valence-corrected chi connectivity index (χ2v) is 8.69. The van der Waals surface area contributed by atoms with Crippen molar-refractivity contribution < 1.29 is 4.79 Å². The zero-order valence-electron chi connectivity index (χ0n) is 16.9. The van der Waals surface area contributed by atoms with Crippen LogP contribution in [0.15, 0.2) is 65.7 Å². The maximum absolute atomic E-state index is 12.8. The molecule has 1 saturated heterocycles. The van der Waals surface area contributed by atoms with Gasteiger partial charge in [0.15, 0.2) is 0 Å². The topological polar surface area (TPSA) is 35.9 Å². The lowest BCUT2D eigenvalue weighted by atomic mass is 9.77. The van der Waals surface area contributed by atoms with E-state index in [9.17, 15) is 4.79 Å². The van der Waals surface area contributed by atoms with Crippen LogP contribution in [0.1, 0.15) is 50.0 Å². The molecule has 0 bridgehead atoms. The van der Waals surface area contributed by atoms with Crippen molar-refractivity contribution in [2.45, 2.75) is 56.0 Å². The summed E-state index contributed by atoms with van der Waals surface area (Å²) in [5.41, 5.74) is 2.05. The van der Waals surface area contributed by atoms with Crippen molar-refractivity contribution in [1.82, 2.24) is 4.90 Å². The number of anilines is 1. The van der Waals surface area contributed by atoms with Crippen LogP contribution in [0, 0.1) is 0 Å². The van der Waals surface area contributed by atoms with E-state index in [-0.39, 0.29) is 5.91 Å². The molecule has 1 amide bonds. The Hall–Kier alpha value is -2.46. The van der Waals surface area contributed by atoms with Crippen molar-refractivity contribution in [2.24, 2.45) is 4.99 Å². The standard InChI is InChI=1S/C25H29N3O/c29-24-25(28(19-26-24)21-11-5-2-6-12-21)15-17-27(18-16-25)23-14-8-7-13-22(23)20-9-3-1-4-10-20/h1-6,9-12,19,22-23H,7-8,13-18H2/t22-,23-/m0/s1. The molecule has 1 aliphatic carbocycles. The summed E-state index contributed by atoms with van der Waals surface area (Å²) >= 11 is 0. The Kier molecular flexibility index (Phi) is 4.96. The highest BCUT2D eigenvalue weighted by molar-refractivity contribution is 6.08. The van der Waals surface area contributed by atoms with Gasteiger partial charge in [-0.3, -0.25) is 9.69 Å². The zero-order chi connectivity index (χ0) is 19.7. The van der Waals surface area contributed by atoms with E-state index < -0.39 is 5.54 Å². The molecule has 0 unspecified atom stereocenters. The van der Waals surface area contributed by atoms with E-state index in [0.29, 0.717) is 12.0 Å². The minimum Gasteiger partial charge on any atom is -0.317 e. The normalized spacial score (nSPS) is 26.9. The van der Waals surface area contributed by atoms with Gasteiger partial charge in [0.1, 0.15) is 5.54 Å². The number of amides is 1. The van der Waals surface area contributed by atoms with Crippen molar-refractivity contribution in [2.75, 3.05) is 18.0 Å². The molecule has 0 N–H and O–H groups in total. The number of aliphatic imine (C=N–C) groups is 1. The van der Waals surface area contributed by atoms with Crippen LogP contribution in [-0.4, -0.2) is 41.8 Å². The molecule has 0 aromatic heterocycles. The fourth-order valence-corrected chi connectivity index (χ4v) is 5.66. The van der Waals surface area contributed by atoms with Crippen LogP contribution in [0.4, 0.5) is 5.69 Å². The molecular formula is C25H29N3O. The second kappa shape index (κ2) is 7.75. The summed E-state index contributed by atoms with van der Waals surface area (Å²) in [4.78, 5) is 21.9. The first kappa shape index (κ1) is 18.6. The molecule has 4 heteroatoms. The third kappa shape index (κ3) is 3.29. The molecule has 1 spiro atoms. The van der Waals surface area contributed by atoms with Crippen LogP contribution in [0.2, 0.25) is 0 Å². The second-order valence-electron chi connectivity index (χ2n) is 8.69. The maximum atomic E-state index is 12.8. The quantitative estimate of drug-likeness (QED) is 0.771. The van der Waals surface area contributed by atoms with Crippen molar-refractivity contribution in [3.05, 3.63) is 66.2 Å². The third-order valence-electron chi connectivity index (χ3n) is 7.24. The van der Waals surface area contributed by atoms with Gasteiger partial charge < -0.3 is 4.90 Å². The first-order chi connectivity index (χ1) is 14.3. The number of hydrogen-bond donors (Lipinski definition) is 0. The van der Waals surface area contributed by atoms with Crippen LogP contribution in [-0.2, 0) is 4.79 Å². The number of piperidine rings is 1. The van der Waals surface area contributed by atoms with E-state index in [1.165, 1.54) is 31.2 Å². The van der Waals surface area contributed by atoms with Gasteiger partial charge in [-0.15, -0.1) is 0 Å². The van der Waals surface area contributed by atoms with E-state index in [1.54, 1.807) is 6.34 Å². The summed E-state index contributed by atoms with van der Waals surface area (Å²) in [5, 5.41) is 0. The van der Waals surface area contributed by atoms with Gasteiger partial charge in [-0.25, -0.2) is 4.99 Å². The largest absolute Gasteiger partial charge is 0.317 e. The van der Waals surface area contributed by atoms with Crippen LogP contribution in [0.3, 0.4) is 0 Å². The van der Waals surface area contributed by atoms with E-state index >= 15 is 0 Å². The number of likely N-dealkylation sites (tertiary alicyclic amines) is 1. The first-order valence-electron chi connectivity index (χ1n) is 11.0. The summed E-state index contributed by atoms with van der Waals surface area (Å²) in [5.74, 6) is 0.643. The van der Waals surface area contributed by atoms with Crippen molar-refractivity contribution in [3.8, 4) is 0 Å². The number of carbonyl (C=O) groups is 1. The summed E-state index contributed by atoms with van der Waals surface area (Å²) in [6.07, 6.45) is 8.61. The Bertz CT molecular complexity index is 871. The molecule has 4 nitrogen and oxygen atoms in total. The Morgan fingerprint density at radius 1 is 0.862 bits per heavy atom. The molecule has 150 valence electrons. The Morgan fingerprint density at radius 3 is 2.24 bits per heavy atom. The molecule has 0 radical (unpaired) electrons. The SMILES string of the molecule is O=C1N=CN(c2ccccc2)C12CCN([C@H]1CCCC[C@H]1c1ccccc1)CC2. The monoisotopic (exact) mass is 387 g/mol. The van der Waals surface area contributed by atoms with Crippen LogP contribution < -0.4 is 4.90 Å². The highest BCUT2D eigenvalue weighted by Crippen LogP contribution is 2.41. The third-order valence-corrected chi connectivity index (χ3v) is 7.24. The molecule has 2 aromatic carbocycles. The number of benzene rings is 2. The fourth-order valence-electron chi connectivity index (χ4n) is 5.66. The van der Waals surface area contributed by atoms with Crippen molar-refractivity contribution in [1.29, 1.82) is 0 Å². The number of para-hydroxylation sites is 1.